The van der Waals surface area contributed by atoms with E-state index in [4.69, 9.17) is 0 Å². The zero-order valence-electron chi connectivity index (χ0n) is 16.3. The van der Waals surface area contributed by atoms with E-state index in [2.05, 4.69) is 15.6 Å². The highest BCUT2D eigenvalue weighted by Gasteiger charge is 2.56. The molecule has 6 rings (SSSR count). The number of halogens is 1. The molecular weight excluding hydrogens is 389 g/mol. The van der Waals surface area contributed by atoms with Crippen molar-refractivity contribution in [1.82, 2.24) is 10.6 Å². The largest absolute Gasteiger partial charge is 0.340 e. The Balaban J connectivity index is 1.42. The molecule has 1 aromatic rings. The van der Waals surface area contributed by atoms with Crippen molar-refractivity contribution in [2.75, 3.05) is 12.3 Å². The van der Waals surface area contributed by atoms with Crippen LogP contribution >= 0.6 is 11.8 Å². The molecule has 0 unspecified atom stereocenters. The molecule has 5 aliphatic rings. The first kappa shape index (κ1) is 19.1. The number of benzene rings is 1. The zero-order chi connectivity index (χ0) is 20.0. The van der Waals surface area contributed by atoms with Crippen molar-refractivity contribution < 1.29 is 14.0 Å². The van der Waals surface area contributed by atoms with Gasteiger partial charge >= 0.3 is 0 Å². The van der Waals surface area contributed by atoms with Gasteiger partial charge in [0.15, 0.2) is 5.17 Å². The normalized spacial score (nSPS) is 33.3. The standard InChI is InChI=1S/C22H26FN3O2S/c23-17-3-1-16(2-4-17)19(27)25-18(20(28)26-21-24-5-6-29-21)22-10-13-7-14(11-22)9-15(8-13)12-22/h1-4,13-15,18H,5-12H2,(H,25,27)(H,24,26,28)/t13?,14?,15?,18-,22?/m0/s1. The van der Waals surface area contributed by atoms with E-state index in [9.17, 15) is 14.0 Å². The smallest absolute Gasteiger partial charge is 0.251 e. The molecule has 1 atom stereocenters. The molecule has 4 saturated carbocycles. The van der Waals surface area contributed by atoms with E-state index in [1.807, 2.05) is 0 Å². The first-order valence-electron chi connectivity index (χ1n) is 10.6. The van der Waals surface area contributed by atoms with Crippen LogP contribution in [-0.4, -0.2) is 35.3 Å². The maximum Gasteiger partial charge on any atom is 0.251 e. The van der Waals surface area contributed by atoms with Gasteiger partial charge in [-0.3, -0.25) is 14.6 Å². The maximum absolute atomic E-state index is 13.4. The van der Waals surface area contributed by atoms with Crippen molar-refractivity contribution in [3.63, 3.8) is 0 Å². The van der Waals surface area contributed by atoms with E-state index in [1.165, 1.54) is 43.5 Å². The van der Waals surface area contributed by atoms with E-state index in [0.717, 1.165) is 25.0 Å². The van der Waals surface area contributed by atoms with Gasteiger partial charge in [0.25, 0.3) is 5.91 Å². The maximum atomic E-state index is 13.4. The molecule has 4 aliphatic carbocycles. The summed E-state index contributed by atoms with van der Waals surface area (Å²) in [5, 5.41) is 6.67. The Hall–Kier alpha value is -1.89. The fourth-order valence-electron chi connectivity index (χ4n) is 6.43. The molecule has 154 valence electrons. The molecule has 1 aliphatic heterocycles. The quantitative estimate of drug-likeness (QED) is 0.792. The molecule has 7 heteroatoms. The Morgan fingerprint density at radius 3 is 2.24 bits per heavy atom. The number of rotatable bonds is 4. The monoisotopic (exact) mass is 415 g/mol. The van der Waals surface area contributed by atoms with Gasteiger partial charge in [-0.2, -0.15) is 0 Å². The fourth-order valence-corrected chi connectivity index (χ4v) is 7.16. The average molecular weight is 416 g/mol. The number of thioether (sulfide) groups is 1. The van der Waals surface area contributed by atoms with Gasteiger partial charge in [-0.05, 0) is 80.5 Å². The molecule has 4 bridgehead atoms. The number of nitrogens with zero attached hydrogens (tertiary/aromatic N) is 1. The van der Waals surface area contributed by atoms with Crippen molar-refractivity contribution in [2.45, 2.75) is 44.6 Å². The van der Waals surface area contributed by atoms with Crippen molar-refractivity contribution in [3.8, 4) is 0 Å². The van der Waals surface area contributed by atoms with Gasteiger partial charge in [-0.1, -0.05) is 11.8 Å². The zero-order valence-corrected chi connectivity index (χ0v) is 17.1. The summed E-state index contributed by atoms with van der Waals surface area (Å²) >= 11 is 1.55. The molecule has 4 fully saturated rings. The van der Waals surface area contributed by atoms with Crippen LogP contribution in [0.15, 0.2) is 29.3 Å². The lowest BCUT2D eigenvalue weighted by Crippen LogP contribution is -2.62. The van der Waals surface area contributed by atoms with Gasteiger partial charge in [0.2, 0.25) is 5.91 Å². The fraction of sp³-hybridized carbons (Fsp3) is 0.591. The average Bonchev–Trinajstić information content (AvgIpc) is 3.18. The number of amidine groups is 1. The van der Waals surface area contributed by atoms with E-state index in [-0.39, 0.29) is 23.0 Å². The van der Waals surface area contributed by atoms with Crippen LogP contribution < -0.4 is 10.6 Å². The molecule has 5 nitrogen and oxygen atoms in total. The summed E-state index contributed by atoms with van der Waals surface area (Å²) in [4.78, 5) is 30.7. The molecule has 29 heavy (non-hydrogen) atoms. The minimum Gasteiger partial charge on any atom is -0.340 e. The lowest BCUT2D eigenvalue weighted by Gasteiger charge is -2.58. The number of amides is 2. The second-order valence-corrected chi connectivity index (χ2v) is 10.3. The lowest BCUT2D eigenvalue weighted by atomic mass is 9.47. The number of hydrogen-bond donors (Lipinski definition) is 2. The molecule has 1 heterocycles. The number of nitrogens with one attached hydrogen (secondary N) is 2. The van der Waals surface area contributed by atoms with Crippen LogP contribution in [0.5, 0.6) is 0 Å². The molecule has 0 aromatic heterocycles. The number of hydrogen-bond acceptors (Lipinski definition) is 4. The lowest BCUT2D eigenvalue weighted by molar-refractivity contribution is -0.133. The third-order valence-corrected chi connectivity index (χ3v) is 8.05. The molecule has 1 aromatic carbocycles. The van der Waals surface area contributed by atoms with Crippen LogP contribution in [0.3, 0.4) is 0 Å². The van der Waals surface area contributed by atoms with E-state index in [0.29, 0.717) is 35.0 Å². The minimum absolute atomic E-state index is 0.157. The first-order valence-corrected chi connectivity index (χ1v) is 11.5. The van der Waals surface area contributed by atoms with E-state index < -0.39 is 6.04 Å². The van der Waals surface area contributed by atoms with Crippen LogP contribution in [0.4, 0.5) is 4.39 Å². The van der Waals surface area contributed by atoms with Gasteiger partial charge in [0, 0.05) is 16.7 Å². The predicted octanol–water partition coefficient (Wildman–Crippen LogP) is 3.36. The van der Waals surface area contributed by atoms with Crippen molar-refractivity contribution in [1.29, 1.82) is 0 Å². The molecule has 0 saturated heterocycles. The third kappa shape index (κ3) is 3.69. The van der Waals surface area contributed by atoms with Crippen molar-refractivity contribution >= 4 is 28.7 Å². The molecule has 0 spiro atoms. The highest BCUT2D eigenvalue weighted by atomic mass is 32.2. The number of aliphatic imine (C=N–C) groups is 1. The van der Waals surface area contributed by atoms with Crippen molar-refractivity contribution in [3.05, 3.63) is 35.6 Å². The van der Waals surface area contributed by atoms with Crippen LogP contribution in [0, 0.1) is 29.0 Å². The Morgan fingerprint density at radius 1 is 1.07 bits per heavy atom. The van der Waals surface area contributed by atoms with Gasteiger partial charge in [-0.15, -0.1) is 0 Å². The molecule has 2 N–H and O–H groups in total. The number of carbonyl (C=O) groups is 2. The second-order valence-electron chi connectivity index (χ2n) is 9.22. The highest BCUT2D eigenvalue weighted by Crippen LogP contribution is 2.61. The topological polar surface area (TPSA) is 70.6 Å². The Bertz CT molecular complexity index is 819. The van der Waals surface area contributed by atoms with Crippen LogP contribution in [0.25, 0.3) is 0 Å². The van der Waals surface area contributed by atoms with Crippen LogP contribution in [-0.2, 0) is 4.79 Å². The predicted molar refractivity (Wildman–Crippen MR) is 111 cm³/mol. The van der Waals surface area contributed by atoms with Crippen LogP contribution in [0.2, 0.25) is 0 Å². The SMILES string of the molecule is O=C(N[C@@H](C(=O)NC1=NCCS1)C12CC3CC(CC(C3)C1)C2)c1ccc(F)cc1. The Morgan fingerprint density at radius 2 is 1.69 bits per heavy atom. The summed E-state index contributed by atoms with van der Waals surface area (Å²) in [7, 11) is 0. The summed E-state index contributed by atoms with van der Waals surface area (Å²) in [6, 6.07) is 4.90. The van der Waals surface area contributed by atoms with Gasteiger partial charge < -0.3 is 10.6 Å². The molecule has 0 radical (unpaired) electrons. The summed E-state index contributed by atoms with van der Waals surface area (Å²) in [6.45, 7) is 0.713. The summed E-state index contributed by atoms with van der Waals surface area (Å²) in [5.74, 6) is 2.01. The summed E-state index contributed by atoms with van der Waals surface area (Å²) < 4.78 is 13.3. The highest BCUT2D eigenvalue weighted by molar-refractivity contribution is 8.14. The van der Waals surface area contributed by atoms with Crippen LogP contribution in [0.1, 0.15) is 48.9 Å². The second kappa shape index (κ2) is 7.42. The minimum atomic E-state index is -0.586. The summed E-state index contributed by atoms with van der Waals surface area (Å²) in [6.07, 6.45) is 6.80. The third-order valence-electron chi connectivity index (χ3n) is 7.16. The van der Waals surface area contributed by atoms with Crippen molar-refractivity contribution in [2.24, 2.45) is 28.2 Å². The van der Waals surface area contributed by atoms with Gasteiger partial charge in [-0.25, -0.2) is 4.39 Å². The van der Waals surface area contributed by atoms with E-state index >= 15 is 0 Å². The molecular formula is C22H26FN3O2S. The van der Waals surface area contributed by atoms with Gasteiger partial charge in [0.05, 0.1) is 6.54 Å². The van der Waals surface area contributed by atoms with Gasteiger partial charge in [0.1, 0.15) is 11.9 Å². The molecule has 2 amide bonds. The van der Waals surface area contributed by atoms with E-state index in [1.54, 1.807) is 11.8 Å². The Labute approximate surface area is 174 Å². The summed E-state index contributed by atoms with van der Waals surface area (Å²) in [5.41, 5.74) is 0.194. The number of carbonyl (C=O) groups excluding carboxylic acids is 2. The Kier molecular flexibility index (Phi) is 4.88. The first-order chi connectivity index (χ1) is 14.0.